The SMILES string of the molecule is CCC1(C(=O)NCC[C@H]2CCCN2)CC1.Cl. The van der Waals surface area contributed by atoms with Gasteiger partial charge in [0.25, 0.3) is 0 Å². The van der Waals surface area contributed by atoms with Crippen LogP contribution in [0, 0.1) is 5.41 Å². The molecule has 3 nitrogen and oxygen atoms in total. The summed E-state index contributed by atoms with van der Waals surface area (Å²) in [6.07, 6.45) is 6.84. The van der Waals surface area contributed by atoms with Crippen LogP contribution in [-0.2, 0) is 4.79 Å². The average molecular weight is 247 g/mol. The van der Waals surface area contributed by atoms with Crippen molar-refractivity contribution in [3.05, 3.63) is 0 Å². The lowest BCUT2D eigenvalue weighted by atomic mass is 10.0. The van der Waals surface area contributed by atoms with Gasteiger partial charge in [-0.1, -0.05) is 6.92 Å². The first-order valence-corrected chi connectivity index (χ1v) is 6.28. The Bertz CT molecular complexity index is 235. The zero-order valence-electron chi connectivity index (χ0n) is 10.1. The monoisotopic (exact) mass is 246 g/mol. The van der Waals surface area contributed by atoms with Crippen LogP contribution in [0.4, 0.5) is 0 Å². The third kappa shape index (κ3) is 3.11. The summed E-state index contributed by atoms with van der Waals surface area (Å²) in [5, 5.41) is 6.53. The van der Waals surface area contributed by atoms with Gasteiger partial charge in [0.2, 0.25) is 5.91 Å². The Morgan fingerprint density at radius 1 is 1.50 bits per heavy atom. The predicted octanol–water partition coefficient (Wildman–Crippen LogP) is 1.86. The van der Waals surface area contributed by atoms with Gasteiger partial charge in [-0.15, -0.1) is 12.4 Å². The highest BCUT2D eigenvalue weighted by molar-refractivity contribution is 5.85. The lowest BCUT2D eigenvalue weighted by Gasteiger charge is -2.14. The molecule has 1 saturated heterocycles. The molecule has 2 rings (SSSR count). The van der Waals surface area contributed by atoms with E-state index in [1.165, 1.54) is 12.8 Å². The maximum absolute atomic E-state index is 11.8. The van der Waals surface area contributed by atoms with Crippen molar-refractivity contribution in [3.8, 4) is 0 Å². The fraction of sp³-hybridized carbons (Fsp3) is 0.917. The molecule has 2 N–H and O–H groups in total. The van der Waals surface area contributed by atoms with Crippen LogP contribution in [0.3, 0.4) is 0 Å². The van der Waals surface area contributed by atoms with Crippen molar-refractivity contribution in [2.24, 2.45) is 5.41 Å². The highest BCUT2D eigenvalue weighted by Crippen LogP contribution is 2.48. The molecule has 0 radical (unpaired) electrons. The minimum Gasteiger partial charge on any atom is -0.356 e. The molecular weight excluding hydrogens is 224 g/mol. The number of amides is 1. The first kappa shape index (κ1) is 13.8. The Kier molecular flexibility index (Phi) is 5.06. The Labute approximate surface area is 104 Å². The number of carbonyl (C=O) groups is 1. The smallest absolute Gasteiger partial charge is 0.226 e. The first-order valence-electron chi connectivity index (χ1n) is 6.28. The van der Waals surface area contributed by atoms with Gasteiger partial charge in [-0.25, -0.2) is 0 Å². The predicted molar refractivity (Wildman–Crippen MR) is 67.9 cm³/mol. The lowest BCUT2D eigenvalue weighted by Crippen LogP contribution is -2.35. The average Bonchev–Trinajstić information content (AvgIpc) is 2.90. The van der Waals surface area contributed by atoms with E-state index in [1.54, 1.807) is 0 Å². The van der Waals surface area contributed by atoms with Crippen molar-refractivity contribution < 1.29 is 4.79 Å². The van der Waals surface area contributed by atoms with Gasteiger partial charge in [-0.05, 0) is 45.1 Å². The maximum Gasteiger partial charge on any atom is 0.226 e. The van der Waals surface area contributed by atoms with Gasteiger partial charge in [0.1, 0.15) is 0 Å². The molecule has 0 aromatic heterocycles. The Morgan fingerprint density at radius 3 is 2.75 bits per heavy atom. The van der Waals surface area contributed by atoms with Gasteiger partial charge >= 0.3 is 0 Å². The normalized spacial score (nSPS) is 25.9. The van der Waals surface area contributed by atoms with E-state index in [0.29, 0.717) is 11.9 Å². The van der Waals surface area contributed by atoms with Crippen LogP contribution in [0.1, 0.15) is 45.4 Å². The van der Waals surface area contributed by atoms with E-state index in [2.05, 4.69) is 17.6 Å². The van der Waals surface area contributed by atoms with Crippen LogP contribution >= 0.6 is 12.4 Å². The minimum atomic E-state index is 0. The minimum absolute atomic E-state index is 0. The Balaban J connectivity index is 0.00000128. The van der Waals surface area contributed by atoms with Crippen LogP contribution in [0.25, 0.3) is 0 Å². The Morgan fingerprint density at radius 2 is 2.25 bits per heavy atom. The highest BCUT2D eigenvalue weighted by Gasteiger charge is 2.47. The molecule has 1 amide bonds. The fourth-order valence-electron chi connectivity index (χ4n) is 2.44. The second-order valence-corrected chi connectivity index (χ2v) is 4.97. The summed E-state index contributed by atoms with van der Waals surface area (Å²) in [6, 6.07) is 0.641. The zero-order chi connectivity index (χ0) is 10.7. The van der Waals surface area contributed by atoms with E-state index < -0.39 is 0 Å². The number of carbonyl (C=O) groups excluding carboxylic acids is 1. The second-order valence-electron chi connectivity index (χ2n) is 4.97. The van der Waals surface area contributed by atoms with E-state index in [0.717, 1.165) is 38.8 Å². The molecule has 1 aliphatic heterocycles. The van der Waals surface area contributed by atoms with Gasteiger partial charge in [-0.3, -0.25) is 4.79 Å². The maximum atomic E-state index is 11.8. The molecule has 1 atom stereocenters. The van der Waals surface area contributed by atoms with E-state index in [4.69, 9.17) is 0 Å². The van der Waals surface area contributed by atoms with Crippen molar-refractivity contribution in [2.75, 3.05) is 13.1 Å². The summed E-state index contributed by atoms with van der Waals surface area (Å²) in [5.41, 5.74) is 0.0309. The summed E-state index contributed by atoms with van der Waals surface area (Å²) in [5.74, 6) is 0.294. The summed E-state index contributed by atoms with van der Waals surface area (Å²) < 4.78 is 0. The molecule has 2 fully saturated rings. The first-order chi connectivity index (χ1) is 7.27. The summed E-state index contributed by atoms with van der Waals surface area (Å²) in [6.45, 7) is 4.11. The van der Waals surface area contributed by atoms with Crippen molar-refractivity contribution in [1.82, 2.24) is 10.6 Å². The summed E-state index contributed by atoms with van der Waals surface area (Å²) >= 11 is 0. The van der Waals surface area contributed by atoms with E-state index in [9.17, 15) is 4.79 Å². The molecule has 0 bridgehead atoms. The van der Waals surface area contributed by atoms with Crippen molar-refractivity contribution in [2.45, 2.75) is 51.5 Å². The van der Waals surface area contributed by atoms with Gasteiger partial charge in [0, 0.05) is 18.0 Å². The van der Waals surface area contributed by atoms with Crippen LogP contribution in [-0.4, -0.2) is 25.0 Å². The third-order valence-electron chi connectivity index (χ3n) is 3.95. The van der Waals surface area contributed by atoms with Crippen molar-refractivity contribution >= 4 is 18.3 Å². The van der Waals surface area contributed by atoms with Crippen LogP contribution in [0.2, 0.25) is 0 Å². The van der Waals surface area contributed by atoms with Crippen LogP contribution in [0.15, 0.2) is 0 Å². The number of halogens is 1. The molecule has 4 heteroatoms. The number of rotatable bonds is 5. The molecule has 2 aliphatic rings. The summed E-state index contributed by atoms with van der Waals surface area (Å²) in [7, 11) is 0. The number of hydrogen-bond acceptors (Lipinski definition) is 2. The summed E-state index contributed by atoms with van der Waals surface area (Å²) in [4.78, 5) is 11.8. The largest absolute Gasteiger partial charge is 0.356 e. The second kappa shape index (κ2) is 5.87. The van der Waals surface area contributed by atoms with E-state index in [-0.39, 0.29) is 17.8 Å². The van der Waals surface area contributed by atoms with Crippen molar-refractivity contribution in [3.63, 3.8) is 0 Å². The van der Waals surface area contributed by atoms with Crippen LogP contribution < -0.4 is 10.6 Å². The Hall–Kier alpha value is -0.280. The molecule has 0 aromatic carbocycles. The molecule has 16 heavy (non-hydrogen) atoms. The highest BCUT2D eigenvalue weighted by atomic mass is 35.5. The molecular formula is C12H23ClN2O. The van der Waals surface area contributed by atoms with E-state index in [1.807, 2.05) is 0 Å². The van der Waals surface area contributed by atoms with Gasteiger partial charge in [-0.2, -0.15) is 0 Å². The topological polar surface area (TPSA) is 41.1 Å². The molecule has 0 unspecified atom stereocenters. The fourth-order valence-corrected chi connectivity index (χ4v) is 2.44. The quantitative estimate of drug-likeness (QED) is 0.778. The lowest BCUT2D eigenvalue weighted by molar-refractivity contribution is -0.126. The van der Waals surface area contributed by atoms with E-state index >= 15 is 0 Å². The van der Waals surface area contributed by atoms with Gasteiger partial charge in [0.05, 0.1) is 0 Å². The van der Waals surface area contributed by atoms with Crippen LogP contribution in [0.5, 0.6) is 0 Å². The zero-order valence-corrected chi connectivity index (χ0v) is 10.9. The molecule has 0 aromatic rings. The third-order valence-corrected chi connectivity index (χ3v) is 3.95. The van der Waals surface area contributed by atoms with Crippen molar-refractivity contribution in [1.29, 1.82) is 0 Å². The molecule has 94 valence electrons. The molecule has 0 spiro atoms. The molecule has 1 saturated carbocycles. The number of hydrogen-bond donors (Lipinski definition) is 2. The molecule has 1 heterocycles. The van der Waals surface area contributed by atoms with Gasteiger partial charge < -0.3 is 10.6 Å². The van der Waals surface area contributed by atoms with Gasteiger partial charge in [0.15, 0.2) is 0 Å². The number of nitrogens with one attached hydrogen (secondary N) is 2. The standard InChI is InChI=1S/C12H22N2O.ClH/c1-2-12(6-7-12)11(15)14-9-5-10-4-3-8-13-10;/h10,13H,2-9H2,1H3,(H,14,15);1H/t10-;/m1./s1. The molecule has 1 aliphatic carbocycles.